The van der Waals surface area contributed by atoms with Crippen LogP contribution in [0.15, 0.2) is 79.0 Å². The Bertz CT molecular complexity index is 2150. The molecule has 2 unspecified atom stereocenters. The quantitative estimate of drug-likeness (QED) is 0.0868. The van der Waals surface area contributed by atoms with E-state index in [1.165, 1.54) is 0 Å². The maximum absolute atomic E-state index is 13.7. The number of carbonyl (C=O) groups excluding carboxylic acids is 4. The summed E-state index contributed by atoms with van der Waals surface area (Å²) < 4.78 is 0. The molecule has 16 heteroatoms. The van der Waals surface area contributed by atoms with Crippen LogP contribution >= 0.6 is 0 Å². The van der Waals surface area contributed by atoms with E-state index in [1.54, 1.807) is 17.0 Å². The Hall–Kier alpha value is -6.58. The number of nitrogens with zero attached hydrogens (tertiary/aromatic N) is 4. The Kier molecular flexibility index (Phi) is 11.0. The first-order chi connectivity index (χ1) is 25.9. The SMILES string of the molecule is Cc1ccccc1NC(=O)Nc1ccc(C(C)(C)N2CC[C@H](CC(=O)NC(CC(=O)O)C(=O)NC(Cc3c[nH]c4ccccc34)c3nn[nH]n3)C2=O)cc1. The number of benzene rings is 3. The van der Waals surface area contributed by atoms with Crippen molar-refractivity contribution in [2.45, 2.75) is 64.1 Å². The molecule has 54 heavy (non-hydrogen) atoms. The van der Waals surface area contributed by atoms with Crippen molar-refractivity contribution in [2.24, 2.45) is 5.92 Å². The number of H-pyrrole nitrogens is 2. The lowest BCUT2D eigenvalue weighted by atomic mass is 9.92. The van der Waals surface area contributed by atoms with E-state index < -0.39 is 47.7 Å². The lowest BCUT2D eigenvalue weighted by Crippen LogP contribution is -2.49. The highest BCUT2D eigenvalue weighted by molar-refractivity contribution is 6.00. The van der Waals surface area contributed by atoms with Gasteiger partial charge in [-0.25, -0.2) is 4.79 Å². The van der Waals surface area contributed by atoms with Crippen LogP contribution in [0.25, 0.3) is 10.9 Å². The monoisotopic (exact) mass is 734 g/mol. The Morgan fingerprint density at radius 1 is 0.981 bits per heavy atom. The van der Waals surface area contributed by atoms with Gasteiger partial charge in [0.05, 0.1) is 18.0 Å². The van der Waals surface area contributed by atoms with Gasteiger partial charge >= 0.3 is 12.0 Å². The number of carboxylic acids is 1. The minimum atomic E-state index is -1.43. The van der Waals surface area contributed by atoms with Crippen molar-refractivity contribution in [1.82, 2.24) is 41.1 Å². The average Bonchev–Trinajstić information content (AvgIpc) is 3.90. The van der Waals surface area contributed by atoms with E-state index in [1.807, 2.05) is 87.6 Å². The van der Waals surface area contributed by atoms with E-state index in [0.29, 0.717) is 24.3 Å². The van der Waals surface area contributed by atoms with E-state index in [9.17, 15) is 29.1 Å². The number of carboxylic acid groups (broad SMARTS) is 1. The second kappa shape index (κ2) is 16.0. The number of aromatic amines is 2. The molecule has 3 atom stereocenters. The first kappa shape index (κ1) is 37.2. The van der Waals surface area contributed by atoms with Crippen LogP contribution in [0.1, 0.15) is 61.7 Å². The van der Waals surface area contributed by atoms with E-state index in [4.69, 9.17) is 0 Å². The number of rotatable bonds is 14. The molecular formula is C38H42N10O6. The van der Waals surface area contributed by atoms with Gasteiger partial charge in [-0.05, 0) is 68.1 Å². The number of para-hydroxylation sites is 2. The third-order valence-electron chi connectivity index (χ3n) is 9.78. The number of likely N-dealkylation sites (tertiary alicyclic amines) is 1. The molecule has 280 valence electrons. The maximum Gasteiger partial charge on any atom is 0.323 e. The van der Waals surface area contributed by atoms with Gasteiger partial charge < -0.3 is 36.3 Å². The van der Waals surface area contributed by atoms with Crippen LogP contribution < -0.4 is 21.3 Å². The first-order valence-electron chi connectivity index (χ1n) is 17.5. The average molecular weight is 735 g/mol. The molecule has 1 fully saturated rings. The predicted octanol–water partition coefficient (Wildman–Crippen LogP) is 4.17. The maximum atomic E-state index is 13.7. The summed E-state index contributed by atoms with van der Waals surface area (Å²) >= 11 is 0. The fourth-order valence-electron chi connectivity index (χ4n) is 6.78. The molecule has 16 nitrogen and oxygen atoms in total. The summed E-state index contributed by atoms with van der Waals surface area (Å²) in [6, 6.07) is 19.7. The number of tetrazole rings is 1. The lowest BCUT2D eigenvalue weighted by Gasteiger charge is -2.36. The van der Waals surface area contributed by atoms with Crippen LogP contribution in [-0.2, 0) is 31.1 Å². The van der Waals surface area contributed by atoms with Gasteiger partial charge in [0.15, 0.2) is 5.82 Å². The van der Waals surface area contributed by atoms with Crippen molar-refractivity contribution in [3.8, 4) is 0 Å². The second-order valence-corrected chi connectivity index (χ2v) is 13.8. The fraction of sp³-hybridized carbons (Fsp3) is 0.316. The number of hydrogen-bond donors (Lipinski definition) is 7. The highest BCUT2D eigenvalue weighted by atomic mass is 16.4. The van der Waals surface area contributed by atoms with Crippen LogP contribution in [0.4, 0.5) is 16.2 Å². The van der Waals surface area contributed by atoms with Gasteiger partial charge in [0.1, 0.15) is 6.04 Å². The van der Waals surface area contributed by atoms with Gasteiger partial charge in [-0.3, -0.25) is 19.2 Å². The third kappa shape index (κ3) is 8.54. The standard InChI is InChI=1S/C38H42N10O6/c1-22-8-4-6-10-28(22)43-37(54)40-26-14-12-25(13-15-26)38(2,3)48-17-16-23(36(48)53)19-32(49)41-31(20-33(50)51)35(52)42-30(34-44-46-47-45-34)18-24-21-39-29-11-7-5-9-27(24)29/h4-15,21,23,30-31,39H,16-20H2,1-3H3,(H,41,49)(H,42,52)(H,50,51)(H2,40,43,54)(H,44,45,46,47)/t23-,30?,31?/m1/s1. The number of anilines is 2. The molecule has 3 aromatic carbocycles. The third-order valence-corrected chi connectivity index (χ3v) is 9.78. The molecule has 6 rings (SSSR count). The Labute approximate surface area is 310 Å². The molecule has 0 aliphatic carbocycles. The van der Waals surface area contributed by atoms with Crippen LogP contribution in [0.2, 0.25) is 0 Å². The topological polar surface area (TPSA) is 227 Å². The number of carbonyl (C=O) groups is 5. The normalized spacial score (nSPS) is 15.4. The zero-order chi connectivity index (χ0) is 38.4. The molecule has 3 heterocycles. The number of hydrogen-bond acceptors (Lipinski definition) is 8. The Morgan fingerprint density at radius 3 is 2.44 bits per heavy atom. The number of nitrogens with one attached hydrogen (secondary N) is 6. The van der Waals surface area contributed by atoms with Crippen molar-refractivity contribution >= 4 is 52.0 Å². The largest absolute Gasteiger partial charge is 0.481 e. The molecule has 1 saturated heterocycles. The van der Waals surface area contributed by atoms with Gasteiger partial charge in [0.25, 0.3) is 0 Å². The van der Waals surface area contributed by atoms with Crippen molar-refractivity contribution in [3.05, 3.63) is 102 Å². The number of fused-ring (bicyclic) bond motifs is 1. The summed E-state index contributed by atoms with van der Waals surface area (Å²) in [5.74, 6) is -3.37. The molecular weight excluding hydrogens is 692 g/mol. The van der Waals surface area contributed by atoms with Crippen LogP contribution in [0.3, 0.4) is 0 Å². The lowest BCUT2D eigenvalue weighted by molar-refractivity contribution is -0.141. The minimum Gasteiger partial charge on any atom is -0.481 e. The van der Waals surface area contributed by atoms with E-state index in [-0.39, 0.29) is 30.6 Å². The van der Waals surface area contributed by atoms with E-state index in [0.717, 1.165) is 27.6 Å². The molecule has 2 aromatic heterocycles. The fourth-order valence-corrected chi connectivity index (χ4v) is 6.78. The minimum absolute atomic E-state index is 0.183. The number of aryl methyl sites for hydroxylation is 1. The number of aromatic nitrogens is 5. The van der Waals surface area contributed by atoms with E-state index >= 15 is 0 Å². The zero-order valence-electron chi connectivity index (χ0n) is 30.1. The summed E-state index contributed by atoms with van der Waals surface area (Å²) in [6.45, 7) is 6.11. The molecule has 5 aromatic rings. The molecule has 0 radical (unpaired) electrons. The van der Waals surface area contributed by atoms with Crippen molar-refractivity contribution < 1.29 is 29.1 Å². The van der Waals surface area contributed by atoms with Crippen molar-refractivity contribution in [3.63, 3.8) is 0 Å². The van der Waals surface area contributed by atoms with Gasteiger partial charge in [0.2, 0.25) is 17.7 Å². The van der Waals surface area contributed by atoms with Crippen LogP contribution in [-0.4, -0.2) is 77.9 Å². The summed E-state index contributed by atoms with van der Waals surface area (Å²) in [6.07, 6.45) is 1.56. The van der Waals surface area contributed by atoms with Gasteiger partial charge in [-0.1, -0.05) is 53.7 Å². The molecule has 7 N–H and O–H groups in total. The molecule has 1 aliphatic rings. The summed E-state index contributed by atoms with van der Waals surface area (Å²) in [5.41, 5.74) is 4.06. The van der Waals surface area contributed by atoms with Gasteiger partial charge in [-0.2, -0.15) is 5.21 Å². The molecule has 5 amide bonds. The molecule has 0 spiro atoms. The molecule has 1 aliphatic heterocycles. The van der Waals surface area contributed by atoms with Crippen LogP contribution in [0, 0.1) is 12.8 Å². The van der Waals surface area contributed by atoms with Crippen LogP contribution in [0.5, 0.6) is 0 Å². The second-order valence-electron chi connectivity index (χ2n) is 13.8. The van der Waals surface area contributed by atoms with E-state index in [2.05, 4.69) is 46.9 Å². The first-order valence-corrected chi connectivity index (χ1v) is 17.5. The highest BCUT2D eigenvalue weighted by Crippen LogP contribution is 2.35. The zero-order valence-corrected chi connectivity index (χ0v) is 30.1. The summed E-state index contributed by atoms with van der Waals surface area (Å²) in [7, 11) is 0. The molecule has 0 bridgehead atoms. The number of urea groups is 1. The van der Waals surface area contributed by atoms with Gasteiger partial charge in [-0.15, -0.1) is 10.2 Å². The summed E-state index contributed by atoms with van der Waals surface area (Å²) in [5, 5.41) is 35.6. The van der Waals surface area contributed by atoms with Crippen molar-refractivity contribution in [1.29, 1.82) is 0 Å². The predicted molar refractivity (Wildman–Crippen MR) is 199 cm³/mol. The Balaban J connectivity index is 1.06. The van der Waals surface area contributed by atoms with Crippen molar-refractivity contribution in [2.75, 3.05) is 17.2 Å². The smallest absolute Gasteiger partial charge is 0.323 e. The highest BCUT2D eigenvalue weighted by Gasteiger charge is 2.42. The van der Waals surface area contributed by atoms with Gasteiger partial charge in [0, 0.05) is 53.8 Å². The molecule has 0 saturated carbocycles. The summed E-state index contributed by atoms with van der Waals surface area (Å²) in [4.78, 5) is 69.8. The number of aliphatic carboxylic acids is 1. The number of amides is 5. The Morgan fingerprint density at radius 2 is 1.72 bits per heavy atom.